The Hall–Kier alpha value is -1.43. The van der Waals surface area contributed by atoms with Crippen LogP contribution in [0, 0.1) is 11.7 Å². The van der Waals surface area contributed by atoms with Crippen LogP contribution in [0.5, 0.6) is 0 Å². The zero-order valence-electron chi connectivity index (χ0n) is 9.91. The molecule has 0 saturated heterocycles. The third kappa shape index (κ3) is 3.53. The molecule has 0 unspecified atom stereocenters. The summed E-state index contributed by atoms with van der Waals surface area (Å²) >= 11 is 3.08. The van der Waals surface area contributed by atoms with Crippen molar-refractivity contribution < 1.29 is 19.1 Å². The Balaban J connectivity index is 2.91. The van der Waals surface area contributed by atoms with Crippen LogP contribution in [0.1, 0.15) is 24.2 Å². The van der Waals surface area contributed by atoms with Crippen LogP contribution in [0.2, 0.25) is 0 Å². The van der Waals surface area contributed by atoms with Crippen molar-refractivity contribution in [3.63, 3.8) is 0 Å². The average Bonchev–Trinajstić information content (AvgIpc) is 2.24. The Morgan fingerprint density at radius 2 is 2.00 bits per heavy atom. The van der Waals surface area contributed by atoms with E-state index in [2.05, 4.69) is 21.2 Å². The number of carbonyl (C=O) groups excluding carboxylic acids is 1. The summed E-state index contributed by atoms with van der Waals surface area (Å²) in [6.45, 7) is 3.33. The molecule has 1 amide bonds. The Bertz CT molecular complexity index is 476. The van der Waals surface area contributed by atoms with E-state index >= 15 is 0 Å². The molecule has 18 heavy (non-hydrogen) atoms. The van der Waals surface area contributed by atoms with Gasteiger partial charge in [-0.1, -0.05) is 29.8 Å². The fraction of sp³-hybridized carbons (Fsp3) is 0.333. The zero-order chi connectivity index (χ0) is 13.9. The van der Waals surface area contributed by atoms with Crippen molar-refractivity contribution in [2.75, 3.05) is 0 Å². The highest BCUT2D eigenvalue weighted by Crippen LogP contribution is 2.15. The molecule has 0 aromatic heterocycles. The summed E-state index contributed by atoms with van der Waals surface area (Å²) in [7, 11) is 0. The van der Waals surface area contributed by atoms with Gasteiger partial charge in [-0.3, -0.25) is 4.79 Å². The first-order valence-electron chi connectivity index (χ1n) is 5.31. The fourth-order valence-electron chi connectivity index (χ4n) is 1.41. The quantitative estimate of drug-likeness (QED) is 0.896. The first kappa shape index (κ1) is 14.6. The molecule has 0 bridgehead atoms. The third-order valence-corrected chi connectivity index (χ3v) is 2.89. The number of carboxylic acids is 1. The minimum absolute atomic E-state index is 0.176. The lowest BCUT2D eigenvalue weighted by atomic mass is 10.0. The van der Waals surface area contributed by atoms with E-state index in [1.165, 1.54) is 12.1 Å². The second-order valence-electron chi connectivity index (χ2n) is 4.16. The van der Waals surface area contributed by atoms with E-state index in [4.69, 9.17) is 5.11 Å². The number of amides is 1. The Labute approximate surface area is 112 Å². The molecule has 6 heteroatoms. The van der Waals surface area contributed by atoms with Gasteiger partial charge in [0.25, 0.3) is 5.91 Å². The van der Waals surface area contributed by atoms with Crippen molar-refractivity contribution in [2.45, 2.75) is 19.9 Å². The van der Waals surface area contributed by atoms with E-state index in [0.29, 0.717) is 4.47 Å². The number of aliphatic carboxylic acids is 1. The predicted octanol–water partition coefficient (Wildman–Crippen LogP) is 2.43. The van der Waals surface area contributed by atoms with Crippen molar-refractivity contribution in [3.05, 3.63) is 34.1 Å². The molecule has 1 rings (SSSR count). The van der Waals surface area contributed by atoms with Crippen LogP contribution in [0.3, 0.4) is 0 Å². The highest BCUT2D eigenvalue weighted by molar-refractivity contribution is 9.10. The van der Waals surface area contributed by atoms with Crippen molar-refractivity contribution in [1.82, 2.24) is 5.32 Å². The van der Waals surface area contributed by atoms with Crippen LogP contribution in [0.25, 0.3) is 0 Å². The van der Waals surface area contributed by atoms with Crippen LogP contribution in [-0.4, -0.2) is 23.0 Å². The number of carboxylic acid groups (broad SMARTS) is 1. The van der Waals surface area contributed by atoms with Gasteiger partial charge in [-0.15, -0.1) is 0 Å². The molecular weight excluding hydrogens is 305 g/mol. The Kier molecular flexibility index (Phi) is 4.84. The maximum absolute atomic E-state index is 13.5. The average molecular weight is 318 g/mol. The van der Waals surface area contributed by atoms with E-state index in [1.54, 1.807) is 13.8 Å². The van der Waals surface area contributed by atoms with Gasteiger partial charge < -0.3 is 10.4 Å². The first-order valence-corrected chi connectivity index (χ1v) is 6.11. The molecule has 4 nitrogen and oxygen atoms in total. The van der Waals surface area contributed by atoms with E-state index in [0.717, 1.165) is 6.07 Å². The van der Waals surface area contributed by atoms with Gasteiger partial charge in [-0.2, -0.15) is 0 Å². The van der Waals surface area contributed by atoms with Gasteiger partial charge in [0.15, 0.2) is 0 Å². The van der Waals surface area contributed by atoms with Gasteiger partial charge in [0.05, 0.1) is 5.56 Å². The van der Waals surface area contributed by atoms with E-state index in [1.807, 2.05) is 0 Å². The van der Waals surface area contributed by atoms with Crippen molar-refractivity contribution in [1.29, 1.82) is 0 Å². The summed E-state index contributed by atoms with van der Waals surface area (Å²) in [5.74, 6) is -2.86. The minimum atomic E-state index is -1.14. The Morgan fingerprint density at radius 1 is 1.39 bits per heavy atom. The standard InChI is InChI=1S/C12H13BrFNO3/c1-6(2)10(12(17)18)15-11(16)8-4-3-7(13)5-9(8)14/h3-6,10H,1-2H3,(H,15,16)(H,17,18)/t10-/m1/s1. The van der Waals surface area contributed by atoms with E-state index in [9.17, 15) is 14.0 Å². The molecular formula is C12H13BrFNO3. The maximum atomic E-state index is 13.5. The molecule has 0 aliphatic carbocycles. The summed E-state index contributed by atoms with van der Waals surface area (Å²) in [5, 5.41) is 11.2. The topological polar surface area (TPSA) is 66.4 Å². The summed E-state index contributed by atoms with van der Waals surface area (Å²) < 4.78 is 14.0. The second-order valence-corrected chi connectivity index (χ2v) is 5.07. The van der Waals surface area contributed by atoms with Gasteiger partial charge >= 0.3 is 5.97 Å². The fourth-order valence-corrected chi connectivity index (χ4v) is 1.74. The molecule has 1 aromatic carbocycles. The molecule has 0 radical (unpaired) electrons. The van der Waals surface area contributed by atoms with Gasteiger partial charge in [-0.25, -0.2) is 9.18 Å². The van der Waals surface area contributed by atoms with Crippen molar-refractivity contribution in [3.8, 4) is 0 Å². The SMILES string of the molecule is CC(C)[C@@H](NC(=O)c1ccc(Br)cc1F)C(=O)O. The van der Waals surface area contributed by atoms with Crippen LogP contribution < -0.4 is 5.32 Å². The van der Waals surface area contributed by atoms with Crippen LogP contribution >= 0.6 is 15.9 Å². The molecule has 98 valence electrons. The number of halogens is 2. The summed E-state index contributed by atoms with van der Waals surface area (Å²) in [6, 6.07) is 2.93. The number of carbonyl (C=O) groups is 2. The molecule has 0 heterocycles. The van der Waals surface area contributed by atoms with E-state index in [-0.39, 0.29) is 11.5 Å². The first-order chi connectivity index (χ1) is 8.32. The minimum Gasteiger partial charge on any atom is -0.480 e. The zero-order valence-corrected chi connectivity index (χ0v) is 11.5. The van der Waals surface area contributed by atoms with Gasteiger partial charge in [0.1, 0.15) is 11.9 Å². The molecule has 0 aliphatic heterocycles. The number of benzene rings is 1. The lowest BCUT2D eigenvalue weighted by molar-refractivity contribution is -0.140. The number of hydrogen-bond donors (Lipinski definition) is 2. The van der Waals surface area contributed by atoms with E-state index < -0.39 is 23.7 Å². The largest absolute Gasteiger partial charge is 0.480 e. The number of hydrogen-bond acceptors (Lipinski definition) is 2. The van der Waals surface area contributed by atoms with Crippen LogP contribution in [0.4, 0.5) is 4.39 Å². The summed E-state index contributed by atoms with van der Waals surface area (Å²) in [4.78, 5) is 22.7. The molecule has 2 N–H and O–H groups in total. The van der Waals surface area contributed by atoms with Crippen LogP contribution in [0.15, 0.2) is 22.7 Å². The predicted molar refractivity (Wildman–Crippen MR) is 67.8 cm³/mol. The molecule has 1 atom stereocenters. The summed E-state index contributed by atoms with van der Waals surface area (Å²) in [6.07, 6.45) is 0. The second kappa shape index (κ2) is 5.95. The molecule has 1 aromatic rings. The molecule has 0 fully saturated rings. The number of nitrogens with one attached hydrogen (secondary N) is 1. The molecule has 0 saturated carbocycles. The normalized spacial score (nSPS) is 12.3. The van der Waals surface area contributed by atoms with Gasteiger partial charge in [-0.05, 0) is 24.1 Å². The Morgan fingerprint density at radius 3 is 2.44 bits per heavy atom. The van der Waals surface area contributed by atoms with Crippen LogP contribution in [-0.2, 0) is 4.79 Å². The lowest BCUT2D eigenvalue weighted by Gasteiger charge is -2.18. The van der Waals surface area contributed by atoms with Gasteiger partial charge in [0, 0.05) is 4.47 Å². The van der Waals surface area contributed by atoms with Gasteiger partial charge in [0.2, 0.25) is 0 Å². The van der Waals surface area contributed by atoms with Crippen molar-refractivity contribution in [2.24, 2.45) is 5.92 Å². The summed E-state index contributed by atoms with van der Waals surface area (Å²) in [5.41, 5.74) is -0.176. The molecule has 0 spiro atoms. The lowest BCUT2D eigenvalue weighted by Crippen LogP contribution is -2.44. The number of rotatable bonds is 4. The van der Waals surface area contributed by atoms with Crippen molar-refractivity contribution >= 4 is 27.8 Å². The maximum Gasteiger partial charge on any atom is 0.326 e. The smallest absolute Gasteiger partial charge is 0.326 e. The highest BCUT2D eigenvalue weighted by atomic mass is 79.9. The monoisotopic (exact) mass is 317 g/mol. The molecule has 0 aliphatic rings. The third-order valence-electron chi connectivity index (χ3n) is 2.40. The highest BCUT2D eigenvalue weighted by Gasteiger charge is 2.25.